The van der Waals surface area contributed by atoms with Gasteiger partial charge < -0.3 is 10.6 Å². The lowest BCUT2D eigenvalue weighted by atomic mass is 10.0. The predicted octanol–water partition coefficient (Wildman–Crippen LogP) is 0.739. The Hall–Kier alpha value is -1.36. The summed E-state index contributed by atoms with van der Waals surface area (Å²) >= 11 is 0. The van der Waals surface area contributed by atoms with Crippen LogP contribution in [0.15, 0.2) is 6.20 Å². The smallest absolute Gasteiger partial charge is 0.224 e. The van der Waals surface area contributed by atoms with E-state index in [1.54, 1.807) is 0 Å². The molecule has 0 bridgehead atoms. The first-order valence-electron chi connectivity index (χ1n) is 6.09. The Bertz CT molecular complexity index is 407. The summed E-state index contributed by atoms with van der Waals surface area (Å²) in [5, 5.41) is 4.24. The van der Waals surface area contributed by atoms with E-state index in [0.717, 1.165) is 24.2 Å². The summed E-state index contributed by atoms with van der Waals surface area (Å²) in [6.45, 7) is 4.86. The number of nitrogens with two attached hydrogens (primary N) is 1. The van der Waals surface area contributed by atoms with Gasteiger partial charge >= 0.3 is 0 Å². The second kappa shape index (κ2) is 4.49. The molecule has 0 radical (unpaired) electrons. The lowest BCUT2D eigenvalue weighted by Gasteiger charge is -2.27. The normalized spacial score (nSPS) is 24.7. The zero-order valence-corrected chi connectivity index (χ0v) is 10.7. The number of hydrogen-bond acceptors (Lipinski definition) is 3. The van der Waals surface area contributed by atoms with Gasteiger partial charge in [0.25, 0.3) is 0 Å². The van der Waals surface area contributed by atoms with Crippen molar-refractivity contribution in [2.24, 2.45) is 12.8 Å². The molecule has 1 aliphatic heterocycles. The van der Waals surface area contributed by atoms with Gasteiger partial charge in [-0.15, -0.1) is 0 Å². The number of carbonyl (C=O) groups excluding carboxylic acids is 1. The van der Waals surface area contributed by atoms with E-state index in [2.05, 4.69) is 12.0 Å². The van der Waals surface area contributed by atoms with Crippen LogP contribution in [-0.2, 0) is 11.8 Å². The highest BCUT2D eigenvalue weighted by Crippen LogP contribution is 2.33. The van der Waals surface area contributed by atoms with Crippen molar-refractivity contribution in [3.05, 3.63) is 17.5 Å². The van der Waals surface area contributed by atoms with Crippen molar-refractivity contribution in [2.75, 3.05) is 6.54 Å². The molecule has 2 atom stereocenters. The Morgan fingerprint density at radius 2 is 2.29 bits per heavy atom. The SMILES string of the molecule is CCCN1C(=O)C[C@H](N)[C@H]1c1c(C)cnn1C. The van der Waals surface area contributed by atoms with Crippen LogP contribution in [0.1, 0.15) is 37.1 Å². The molecule has 5 nitrogen and oxygen atoms in total. The molecule has 5 heteroatoms. The fourth-order valence-electron chi connectivity index (χ4n) is 2.65. The lowest BCUT2D eigenvalue weighted by Crippen LogP contribution is -2.35. The molecule has 2 rings (SSSR count). The molecule has 0 saturated carbocycles. The van der Waals surface area contributed by atoms with Crippen LogP contribution < -0.4 is 5.73 Å². The predicted molar refractivity (Wildman–Crippen MR) is 65.3 cm³/mol. The number of nitrogens with zero attached hydrogens (tertiary/aromatic N) is 3. The van der Waals surface area contributed by atoms with Crippen molar-refractivity contribution >= 4 is 5.91 Å². The van der Waals surface area contributed by atoms with E-state index in [-0.39, 0.29) is 18.0 Å². The molecule has 1 fully saturated rings. The van der Waals surface area contributed by atoms with Crippen molar-refractivity contribution in [3.63, 3.8) is 0 Å². The summed E-state index contributed by atoms with van der Waals surface area (Å²) in [7, 11) is 1.90. The van der Waals surface area contributed by atoms with Gasteiger partial charge in [-0.1, -0.05) is 6.92 Å². The highest BCUT2D eigenvalue weighted by molar-refractivity contribution is 5.80. The summed E-state index contributed by atoms with van der Waals surface area (Å²) in [5.74, 6) is 0.157. The van der Waals surface area contributed by atoms with E-state index in [0.29, 0.717) is 6.42 Å². The van der Waals surface area contributed by atoms with Crippen molar-refractivity contribution in [1.29, 1.82) is 0 Å². The van der Waals surface area contributed by atoms with Crippen LogP contribution in [0.5, 0.6) is 0 Å². The number of aryl methyl sites for hydroxylation is 2. The van der Waals surface area contributed by atoms with Gasteiger partial charge in [-0.25, -0.2) is 0 Å². The van der Waals surface area contributed by atoms with Gasteiger partial charge in [0.15, 0.2) is 0 Å². The molecule has 0 spiro atoms. The average molecular weight is 236 g/mol. The molecule has 0 unspecified atom stereocenters. The summed E-state index contributed by atoms with van der Waals surface area (Å²) in [4.78, 5) is 13.8. The lowest BCUT2D eigenvalue weighted by molar-refractivity contribution is -0.129. The molecule has 2 heterocycles. The molecule has 0 aliphatic carbocycles. The van der Waals surface area contributed by atoms with E-state index in [4.69, 9.17) is 5.73 Å². The van der Waals surface area contributed by atoms with Crippen LogP contribution in [0.3, 0.4) is 0 Å². The van der Waals surface area contributed by atoms with Gasteiger partial charge in [0.05, 0.1) is 17.9 Å². The quantitative estimate of drug-likeness (QED) is 0.842. The Morgan fingerprint density at radius 3 is 2.82 bits per heavy atom. The van der Waals surface area contributed by atoms with Crippen LogP contribution in [-0.4, -0.2) is 33.2 Å². The standard InChI is InChI=1S/C12H20N4O/c1-4-5-16-10(17)6-9(13)12(16)11-8(2)7-14-15(11)3/h7,9,12H,4-6,13H2,1-3H3/t9-,12-/m0/s1. The maximum absolute atomic E-state index is 11.9. The minimum Gasteiger partial charge on any atom is -0.332 e. The summed E-state index contributed by atoms with van der Waals surface area (Å²) in [5.41, 5.74) is 8.28. The zero-order valence-electron chi connectivity index (χ0n) is 10.7. The molecule has 1 aromatic heterocycles. The van der Waals surface area contributed by atoms with E-state index >= 15 is 0 Å². The molecule has 17 heavy (non-hydrogen) atoms. The third kappa shape index (κ3) is 1.95. The first-order chi connectivity index (χ1) is 8.06. The van der Waals surface area contributed by atoms with E-state index in [1.807, 2.05) is 29.7 Å². The van der Waals surface area contributed by atoms with Crippen LogP contribution in [0.4, 0.5) is 0 Å². The molecule has 1 aromatic rings. The molecular formula is C12H20N4O. The van der Waals surface area contributed by atoms with Gasteiger partial charge in [0.1, 0.15) is 0 Å². The zero-order chi connectivity index (χ0) is 12.6. The Labute approximate surface area is 102 Å². The molecular weight excluding hydrogens is 216 g/mol. The van der Waals surface area contributed by atoms with E-state index in [9.17, 15) is 4.79 Å². The summed E-state index contributed by atoms with van der Waals surface area (Å²) in [6, 6.07) is -0.141. The van der Waals surface area contributed by atoms with Crippen LogP contribution in [0.25, 0.3) is 0 Å². The largest absolute Gasteiger partial charge is 0.332 e. The summed E-state index contributed by atoms with van der Waals surface area (Å²) < 4.78 is 1.83. The average Bonchev–Trinajstić information content (AvgIpc) is 2.71. The molecule has 2 N–H and O–H groups in total. The number of likely N-dealkylation sites (tertiary alicyclic amines) is 1. The maximum Gasteiger partial charge on any atom is 0.224 e. The van der Waals surface area contributed by atoms with Crippen molar-refractivity contribution in [3.8, 4) is 0 Å². The van der Waals surface area contributed by atoms with E-state index in [1.165, 1.54) is 0 Å². The summed E-state index contributed by atoms with van der Waals surface area (Å²) in [6.07, 6.45) is 3.22. The number of rotatable bonds is 3. The number of amides is 1. The molecule has 1 amide bonds. The first-order valence-corrected chi connectivity index (χ1v) is 6.09. The Balaban J connectivity index is 2.38. The fourth-order valence-corrected chi connectivity index (χ4v) is 2.65. The monoisotopic (exact) mass is 236 g/mol. The number of aromatic nitrogens is 2. The van der Waals surface area contributed by atoms with E-state index < -0.39 is 0 Å². The maximum atomic E-state index is 11.9. The second-order valence-electron chi connectivity index (χ2n) is 4.74. The molecule has 1 aliphatic rings. The van der Waals surface area contributed by atoms with Gasteiger partial charge in [-0.05, 0) is 18.9 Å². The number of hydrogen-bond donors (Lipinski definition) is 1. The molecule has 0 aromatic carbocycles. The highest BCUT2D eigenvalue weighted by atomic mass is 16.2. The van der Waals surface area contributed by atoms with Gasteiger partial charge in [0.2, 0.25) is 5.91 Å². The number of carbonyl (C=O) groups is 1. The Morgan fingerprint density at radius 1 is 1.59 bits per heavy atom. The second-order valence-corrected chi connectivity index (χ2v) is 4.74. The fraction of sp³-hybridized carbons (Fsp3) is 0.667. The Kier molecular flexibility index (Phi) is 3.19. The van der Waals surface area contributed by atoms with Gasteiger partial charge in [-0.2, -0.15) is 5.10 Å². The van der Waals surface area contributed by atoms with Crippen LogP contribution in [0.2, 0.25) is 0 Å². The minimum absolute atomic E-state index is 0.0186. The van der Waals surface area contributed by atoms with Gasteiger partial charge in [0, 0.05) is 26.1 Å². The third-order valence-corrected chi connectivity index (χ3v) is 3.39. The van der Waals surface area contributed by atoms with Crippen molar-refractivity contribution < 1.29 is 4.79 Å². The minimum atomic E-state index is -0.122. The topological polar surface area (TPSA) is 64.2 Å². The molecule has 1 saturated heterocycles. The molecule has 94 valence electrons. The first kappa shape index (κ1) is 12.1. The van der Waals surface area contributed by atoms with Gasteiger partial charge in [-0.3, -0.25) is 9.48 Å². The highest BCUT2D eigenvalue weighted by Gasteiger charge is 2.40. The van der Waals surface area contributed by atoms with Crippen molar-refractivity contribution in [2.45, 2.75) is 38.8 Å². The van der Waals surface area contributed by atoms with Crippen molar-refractivity contribution in [1.82, 2.24) is 14.7 Å². The van der Waals surface area contributed by atoms with Crippen LogP contribution in [0, 0.1) is 6.92 Å². The third-order valence-electron chi connectivity index (χ3n) is 3.39. The van der Waals surface area contributed by atoms with Crippen LogP contribution >= 0.6 is 0 Å².